The lowest BCUT2D eigenvalue weighted by Gasteiger charge is -2.24. The molecule has 1 rings (SSSR count). The second-order valence-corrected chi connectivity index (χ2v) is 5.55. The first kappa shape index (κ1) is 16.8. The van der Waals surface area contributed by atoms with Gasteiger partial charge in [-0.25, -0.2) is 0 Å². The topological polar surface area (TPSA) is 59.6 Å². The fourth-order valence-corrected chi connectivity index (χ4v) is 1.81. The minimum absolute atomic E-state index is 0.206. The zero-order chi connectivity index (χ0) is 16.1. The van der Waals surface area contributed by atoms with E-state index in [0.29, 0.717) is 25.1 Å². The van der Waals surface area contributed by atoms with Crippen molar-refractivity contribution in [3.63, 3.8) is 0 Å². The Bertz CT molecular complexity index is 577. The molecule has 1 aromatic carbocycles. The summed E-state index contributed by atoms with van der Waals surface area (Å²) in [5.74, 6) is 0. The molecule has 0 heterocycles. The molecule has 0 radical (unpaired) electrons. The van der Waals surface area contributed by atoms with Crippen LogP contribution in [0, 0.1) is 28.1 Å². The van der Waals surface area contributed by atoms with Gasteiger partial charge in [0.25, 0.3) is 0 Å². The van der Waals surface area contributed by atoms with Gasteiger partial charge in [-0.15, -0.1) is 0 Å². The van der Waals surface area contributed by atoms with E-state index in [9.17, 15) is 13.2 Å². The first-order valence-corrected chi connectivity index (χ1v) is 6.42. The molecule has 0 unspecified atom stereocenters. The van der Waals surface area contributed by atoms with E-state index in [0.717, 1.165) is 12.1 Å². The monoisotopic (exact) mass is 295 g/mol. The van der Waals surface area contributed by atoms with Crippen molar-refractivity contribution in [1.29, 1.82) is 10.5 Å². The van der Waals surface area contributed by atoms with Crippen molar-refractivity contribution in [2.45, 2.75) is 32.9 Å². The largest absolute Gasteiger partial charge is 0.417 e. The Balaban J connectivity index is 2.87. The third-order valence-corrected chi connectivity index (χ3v) is 3.13. The molecule has 6 heteroatoms. The second-order valence-electron chi connectivity index (χ2n) is 5.55. The molecule has 0 aliphatic carbocycles. The van der Waals surface area contributed by atoms with E-state index in [1.54, 1.807) is 6.07 Å². The summed E-state index contributed by atoms with van der Waals surface area (Å²) < 4.78 is 38.5. The lowest BCUT2D eigenvalue weighted by molar-refractivity contribution is -0.137. The number of rotatable bonds is 5. The zero-order valence-corrected chi connectivity index (χ0v) is 11.9. The van der Waals surface area contributed by atoms with Gasteiger partial charge >= 0.3 is 6.18 Å². The molecule has 0 saturated heterocycles. The van der Waals surface area contributed by atoms with Crippen LogP contribution in [0.15, 0.2) is 18.2 Å². The number of alkyl halides is 3. The van der Waals surface area contributed by atoms with Crippen LogP contribution in [-0.4, -0.2) is 6.54 Å². The predicted octanol–water partition coefficient (Wildman–Crippen LogP) is 4.32. The van der Waals surface area contributed by atoms with Crippen LogP contribution in [0.25, 0.3) is 0 Å². The minimum atomic E-state index is -4.56. The molecule has 0 bridgehead atoms. The Labute approximate surface area is 122 Å². The van der Waals surface area contributed by atoms with E-state index in [1.165, 1.54) is 6.07 Å². The third-order valence-electron chi connectivity index (χ3n) is 3.13. The van der Waals surface area contributed by atoms with Crippen molar-refractivity contribution in [3.8, 4) is 12.1 Å². The molecule has 0 spiro atoms. The summed E-state index contributed by atoms with van der Waals surface area (Å²) in [5, 5.41) is 20.2. The van der Waals surface area contributed by atoms with Crippen LogP contribution in [0.2, 0.25) is 0 Å². The van der Waals surface area contributed by atoms with Gasteiger partial charge in [-0.05, 0) is 30.0 Å². The van der Waals surface area contributed by atoms with E-state index < -0.39 is 17.3 Å². The lowest BCUT2D eigenvalue weighted by atomic mass is 9.88. The molecular formula is C15H16F3N3. The van der Waals surface area contributed by atoms with Crippen LogP contribution in [0.1, 0.15) is 37.8 Å². The van der Waals surface area contributed by atoms with Crippen molar-refractivity contribution >= 4 is 5.69 Å². The highest BCUT2D eigenvalue weighted by molar-refractivity contribution is 5.53. The highest BCUT2D eigenvalue weighted by atomic mass is 19.4. The fourth-order valence-electron chi connectivity index (χ4n) is 1.81. The molecule has 0 aliphatic heterocycles. The van der Waals surface area contributed by atoms with Crippen molar-refractivity contribution in [3.05, 3.63) is 29.3 Å². The molecule has 0 fully saturated rings. The Morgan fingerprint density at radius 1 is 1.19 bits per heavy atom. The van der Waals surface area contributed by atoms with Crippen molar-refractivity contribution in [1.82, 2.24) is 0 Å². The highest BCUT2D eigenvalue weighted by Gasteiger charge is 2.33. The summed E-state index contributed by atoms with van der Waals surface area (Å²) in [6, 6.07) is 7.16. The third kappa shape index (κ3) is 5.00. The fraction of sp³-hybridized carbons (Fsp3) is 0.467. The van der Waals surface area contributed by atoms with Gasteiger partial charge in [-0.2, -0.15) is 23.7 Å². The number of halogens is 3. The molecule has 3 nitrogen and oxygen atoms in total. The Morgan fingerprint density at radius 3 is 2.38 bits per heavy atom. The summed E-state index contributed by atoms with van der Waals surface area (Å²) in [7, 11) is 0. The maximum Gasteiger partial charge on any atom is 0.417 e. The lowest BCUT2D eigenvalue weighted by Crippen LogP contribution is -2.23. The number of nitrogens with one attached hydrogen (secondary N) is 1. The van der Waals surface area contributed by atoms with Crippen molar-refractivity contribution in [2.24, 2.45) is 5.41 Å². The van der Waals surface area contributed by atoms with Gasteiger partial charge in [0.15, 0.2) is 0 Å². The number of hydrogen-bond donors (Lipinski definition) is 1. The number of nitrogens with zero attached hydrogens (tertiary/aromatic N) is 2. The highest BCUT2D eigenvalue weighted by Crippen LogP contribution is 2.34. The van der Waals surface area contributed by atoms with Crippen LogP contribution in [0.4, 0.5) is 18.9 Å². The molecule has 0 saturated carbocycles. The van der Waals surface area contributed by atoms with Crippen LogP contribution in [0.3, 0.4) is 0 Å². The van der Waals surface area contributed by atoms with E-state index >= 15 is 0 Å². The second kappa shape index (κ2) is 6.49. The Kier molecular flexibility index (Phi) is 5.21. The minimum Gasteiger partial charge on any atom is -0.384 e. The van der Waals surface area contributed by atoms with Crippen molar-refractivity contribution < 1.29 is 13.2 Å². The summed E-state index contributed by atoms with van der Waals surface area (Å²) in [4.78, 5) is 0. The van der Waals surface area contributed by atoms with E-state index in [2.05, 4.69) is 11.4 Å². The van der Waals surface area contributed by atoms with Gasteiger partial charge in [0.1, 0.15) is 0 Å². The van der Waals surface area contributed by atoms with Gasteiger partial charge in [-0.3, -0.25) is 0 Å². The number of nitriles is 2. The van der Waals surface area contributed by atoms with Crippen LogP contribution in [0.5, 0.6) is 0 Å². The molecule has 0 amide bonds. The van der Waals surface area contributed by atoms with Gasteiger partial charge in [-0.1, -0.05) is 13.8 Å². The van der Waals surface area contributed by atoms with Crippen LogP contribution < -0.4 is 5.32 Å². The molecule has 0 aromatic heterocycles. The standard InChI is InChI=1S/C15H16F3N3/c1-14(2,6-3-7-19)10-21-12-5-4-11(9-20)13(8-12)15(16,17)18/h4-5,8,21H,3,6,10H2,1-2H3. The van der Waals surface area contributed by atoms with Crippen molar-refractivity contribution in [2.75, 3.05) is 11.9 Å². The molecule has 112 valence electrons. The predicted molar refractivity (Wildman–Crippen MR) is 73.3 cm³/mol. The molecular weight excluding hydrogens is 279 g/mol. The zero-order valence-electron chi connectivity index (χ0n) is 11.9. The maximum atomic E-state index is 12.8. The first-order valence-electron chi connectivity index (χ1n) is 6.42. The number of benzene rings is 1. The smallest absolute Gasteiger partial charge is 0.384 e. The van der Waals surface area contributed by atoms with E-state index in [1.807, 2.05) is 13.8 Å². The van der Waals surface area contributed by atoms with E-state index in [-0.39, 0.29) is 5.41 Å². The Morgan fingerprint density at radius 2 is 1.86 bits per heavy atom. The summed E-state index contributed by atoms with van der Waals surface area (Å²) in [6.45, 7) is 4.31. The van der Waals surface area contributed by atoms with E-state index in [4.69, 9.17) is 10.5 Å². The molecule has 0 aliphatic rings. The van der Waals surface area contributed by atoms with Crippen LogP contribution >= 0.6 is 0 Å². The maximum absolute atomic E-state index is 12.8. The van der Waals surface area contributed by atoms with Gasteiger partial charge in [0.05, 0.1) is 23.3 Å². The summed E-state index contributed by atoms with van der Waals surface area (Å²) >= 11 is 0. The van der Waals surface area contributed by atoms with Gasteiger partial charge in [0, 0.05) is 18.7 Å². The normalized spacial score (nSPS) is 11.6. The molecule has 1 aromatic rings. The average Bonchev–Trinajstić information content (AvgIpc) is 2.42. The van der Waals surface area contributed by atoms with Crippen LogP contribution in [-0.2, 0) is 6.18 Å². The molecule has 0 atom stereocenters. The average molecular weight is 295 g/mol. The summed E-state index contributed by atoms with van der Waals surface area (Å²) in [6.07, 6.45) is -3.51. The number of hydrogen-bond acceptors (Lipinski definition) is 3. The number of anilines is 1. The molecule has 1 N–H and O–H groups in total. The first-order chi connectivity index (χ1) is 9.69. The van der Waals surface area contributed by atoms with Gasteiger partial charge in [0.2, 0.25) is 0 Å². The quantitative estimate of drug-likeness (QED) is 0.880. The SMILES string of the molecule is CC(C)(CCC#N)CNc1ccc(C#N)c(C(F)(F)F)c1. The molecule has 21 heavy (non-hydrogen) atoms. The Hall–Kier alpha value is -2.21. The summed E-state index contributed by atoms with van der Waals surface area (Å²) in [5.41, 5.74) is -1.23. The van der Waals surface area contributed by atoms with Gasteiger partial charge < -0.3 is 5.32 Å².